The van der Waals surface area contributed by atoms with Crippen molar-refractivity contribution in [3.05, 3.63) is 56.6 Å². The quantitative estimate of drug-likeness (QED) is 0.544. The monoisotopic (exact) mass is 384 g/mol. The van der Waals surface area contributed by atoms with E-state index >= 15 is 0 Å². The van der Waals surface area contributed by atoms with Crippen LogP contribution >= 0.6 is 46.4 Å². The molecule has 0 radical (unpaired) electrons. The van der Waals surface area contributed by atoms with Crippen molar-refractivity contribution in [3.8, 4) is 22.4 Å². The summed E-state index contributed by atoms with van der Waals surface area (Å²) in [6.45, 7) is 1.82. The standard InChI is InChI=1S/C15H8Cl4N4/c1-7-12(8-2-3-20-11(18)4-8)13(15(19)23-22-7)14-10(17)5-9(16)6-21-14/h2-6H,1H3. The lowest BCUT2D eigenvalue weighted by Gasteiger charge is -2.14. The molecule has 0 aromatic carbocycles. The van der Waals surface area contributed by atoms with Crippen molar-refractivity contribution in [1.82, 2.24) is 20.2 Å². The molecular weight excluding hydrogens is 378 g/mol. The molecule has 8 heteroatoms. The van der Waals surface area contributed by atoms with Crippen LogP contribution < -0.4 is 0 Å². The molecule has 0 spiro atoms. The molecule has 0 fully saturated rings. The van der Waals surface area contributed by atoms with Crippen LogP contribution in [0.1, 0.15) is 5.69 Å². The zero-order valence-corrected chi connectivity index (χ0v) is 14.7. The van der Waals surface area contributed by atoms with Crippen molar-refractivity contribution < 1.29 is 0 Å². The van der Waals surface area contributed by atoms with Gasteiger partial charge in [-0.05, 0) is 30.7 Å². The summed E-state index contributed by atoms with van der Waals surface area (Å²) in [6.07, 6.45) is 3.10. The first-order valence-electron chi connectivity index (χ1n) is 6.43. The summed E-state index contributed by atoms with van der Waals surface area (Å²) in [5.41, 5.74) is 3.25. The second-order valence-corrected chi connectivity index (χ2v) is 6.27. The summed E-state index contributed by atoms with van der Waals surface area (Å²) >= 11 is 24.5. The molecule has 0 aliphatic rings. The van der Waals surface area contributed by atoms with Gasteiger partial charge in [-0.1, -0.05) is 46.4 Å². The topological polar surface area (TPSA) is 51.6 Å². The lowest BCUT2D eigenvalue weighted by molar-refractivity contribution is 0.984. The van der Waals surface area contributed by atoms with Gasteiger partial charge in [0.25, 0.3) is 0 Å². The van der Waals surface area contributed by atoms with Gasteiger partial charge >= 0.3 is 0 Å². The molecule has 4 nitrogen and oxygen atoms in total. The van der Waals surface area contributed by atoms with Crippen molar-refractivity contribution >= 4 is 46.4 Å². The maximum Gasteiger partial charge on any atom is 0.161 e. The normalized spacial score (nSPS) is 10.8. The highest BCUT2D eigenvalue weighted by molar-refractivity contribution is 6.38. The highest BCUT2D eigenvalue weighted by Crippen LogP contribution is 2.40. The fraction of sp³-hybridized carbons (Fsp3) is 0.0667. The van der Waals surface area contributed by atoms with Crippen LogP contribution in [0.25, 0.3) is 22.4 Å². The van der Waals surface area contributed by atoms with E-state index in [9.17, 15) is 0 Å². The average Bonchev–Trinajstić information content (AvgIpc) is 2.50. The lowest BCUT2D eigenvalue weighted by atomic mass is 9.98. The fourth-order valence-corrected chi connectivity index (χ4v) is 3.10. The second-order valence-electron chi connectivity index (χ2n) is 4.68. The third kappa shape index (κ3) is 3.26. The van der Waals surface area contributed by atoms with Crippen molar-refractivity contribution in [2.75, 3.05) is 0 Å². The van der Waals surface area contributed by atoms with E-state index in [0.29, 0.717) is 32.1 Å². The van der Waals surface area contributed by atoms with Crippen molar-refractivity contribution in [2.45, 2.75) is 6.92 Å². The summed E-state index contributed by atoms with van der Waals surface area (Å²) in [7, 11) is 0. The maximum atomic E-state index is 6.29. The first-order valence-corrected chi connectivity index (χ1v) is 7.94. The smallest absolute Gasteiger partial charge is 0.161 e. The van der Waals surface area contributed by atoms with Gasteiger partial charge in [-0.15, -0.1) is 5.10 Å². The Morgan fingerprint density at radius 3 is 2.39 bits per heavy atom. The molecule has 0 N–H and O–H groups in total. The molecule has 3 rings (SSSR count). The van der Waals surface area contributed by atoms with E-state index < -0.39 is 0 Å². The third-order valence-electron chi connectivity index (χ3n) is 3.17. The molecular formula is C15H8Cl4N4. The van der Waals surface area contributed by atoms with Gasteiger partial charge in [-0.25, -0.2) is 4.98 Å². The van der Waals surface area contributed by atoms with E-state index in [1.54, 1.807) is 24.4 Å². The summed E-state index contributed by atoms with van der Waals surface area (Å²) in [4.78, 5) is 8.28. The Bertz CT molecular complexity index is 899. The summed E-state index contributed by atoms with van der Waals surface area (Å²) < 4.78 is 0. The predicted molar refractivity (Wildman–Crippen MR) is 93.3 cm³/mol. The number of pyridine rings is 2. The van der Waals surface area contributed by atoms with Gasteiger partial charge in [0.05, 0.1) is 27.0 Å². The van der Waals surface area contributed by atoms with E-state index in [1.807, 2.05) is 6.92 Å². The lowest BCUT2D eigenvalue weighted by Crippen LogP contribution is -1.99. The van der Waals surface area contributed by atoms with E-state index in [-0.39, 0.29) is 5.15 Å². The number of hydrogen-bond donors (Lipinski definition) is 0. The molecule has 0 aliphatic heterocycles. The van der Waals surface area contributed by atoms with Gasteiger partial charge in [0, 0.05) is 18.0 Å². The van der Waals surface area contributed by atoms with Crippen LogP contribution in [-0.4, -0.2) is 20.2 Å². The highest BCUT2D eigenvalue weighted by atomic mass is 35.5. The van der Waals surface area contributed by atoms with E-state index in [1.165, 1.54) is 6.20 Å². The largest absolute Gasteiger partial charge is 0.253 e. The Morgan fingerprint density at radius 2 is 1.70 bits per heavy atom. The molecule has 3 aromatic rings. The molecule has 0 aliphatic carbocycles. The van der Waals surface area contributed by atoms with Gasteiger partial charge in [0.2, 0.25) is 0 Å². The Kier molecular flexibility index (Phi) is 4.69. The number of hydrogen-bond acceptors (Lipinski definition) is 4. The highest BCUT2D eigenvalue weighted by Gasteiger charge is 2.20. The molecule has 23 heavy (non-hydrogen) atoms. The number of halogens is 4. The molecule has 0 atom stereocenters. The number of aromatic nitrogens is 4. The average molecular weight is 386 g/mol. The van der Waals surface area contributed by atoms with Crippen LogP contribution in [0, 0.1) is 6.92 Å². The Hall–Kier alpha value is -1.46. The summed E-state index contributed by atoms with van der Waals surface area (Å²) in [6, 6.07) is 5.12. The number of rotatable bonds is 2. The van der Waals surface area contributed by atoms with Crippen molar-refractivity contribution in [3.63, 3.8) is 0 Å². The molecule has 0 amide bonds. The molecule has 0 saturated carbocycles. The molecule has 3 heterocycles. The minimum absolute atomic E-state index is 0.190. The zero-order valence-electron chi connectivity index (χ0n) is 11.7. The minimum atomic E-state index is 0.190. The van der Waals surface area contributed by atoms with E-state index in [0.717, 1.165) is 11.1 Å². The summed E-state index contributed by atoms with van der Waals surface area (Å²) in [5.74, 6) is 0. The van der Waals surface area contributed by atoms with Crippen LogP contribution in [0.4, 0.5) is 0 Å². The zero-order chi connectivity index (χ0) is 16.6. The second kappa shape index (κ2) is 6.57. The molecule has 116 valence electrons. The Labute approximate surface area is 152 Å². The van der Waals surface area contributed by atoms with Crippen LogP contribution in [0.2, 0.25) is 20.4 Å². The minimum Gasteiger partial charge on any atom is -0.253 e. The fourth-order valence-electron chi connectivity index (χ4n) is 2.23. The van der Waals surface area contributed by atoms with Gasteiger partial charge in [-0.2, -0.15) is 5.10 Å². The van der Waals surface area contributed by atoms with Crippen LogP contribution in [0.15, 0.2) is 30.6 Å². The van der Waals surface area contributed by atoms with Gasteiger partial charge in [-0.3, -0.25) is 4.98 Å². The van der Waals surface area contributed by atoms with Gasteiger partial charge in [0.15, 0.2) is 5.15 Å². The maximum absolute atomic E-state index is 6.29. The van der Waals surface area contributed by atoms with Gasteiger partial charge < -0.3 is 0 Å². The summed E-state index contributed by atoms with van der Waals surface area (Å²) in [5, 5.41) is 9.39. The Balaban J connectivity index is 2.35. The molecule has 3 aromatic heterocycles. The number of nitrogens with zero attached hydrogens (tertiary/aromatic N) is 4. The SMILES string of the molecule is Cc1nnc(Cl)c(-c2ncc(Cl)cc2Cl)c1-c1ccnc(Cl)c1. The Morgan fingerprint density at radius 1 is 0.913 bits per heavy atom. The van der Waals surface area contributed by atoms with Crippen molar-refractivity contribution in [1.29, 1.82) is 0 Å². The van der Waals surface area contributed by atoms with E-state index in [4.69, 9.17) is 46.4 Å². The predicted octanol–water partition coefficient (Wildman–Crippen LogP) is 5.52. The molecule has 0 saturated heterocycles. The molecule has 0 bridgehead atoms. The van der Waals surface area contributed by atoms with Crippen LogP contribution in [0.5, 0.6) is 0 Å². The van der Waals surface area contributed by atoms with Crippen molar-refractivity contribution in [2.24, 2.45) is 0 Å². The first kappa shape index (κ1) is 16.4. The molecule has 0 unspecified atom stereocenters. The van der Waals surface area contributed by atoms with Crippen LogP contribution in [0.3, 0.4) is 0 Å². The van der Waals surface area contributed by atoms with Crippen LogP contribution in [-0.2, 0) is 0 Å². The van der Waals surface area contributed by atoms with Gasteiger partial charge in [0.1, 0.15) is 5.15 Å². The van der Waals surface area contributed by atoms with E-state index in [2.05, 4.69) is 20.2 Å². The third-order valence-corrected chi connectivity index (χ3v) is 4.13. The number of aryl methyl sites for hydroxylation is 1. The first-order chi connectivity index (χ1) is 11.0.